The molecule has 1 rings (SSSR count). The Bertz CT molecular complexity index is 430. The standard InChI is InChI=1S/C11H12ClF2NO2S/c1-6(2)16-11(18)15-7-3-4-8(12)9(5-7)17-10(13)14/h3-6,10H,1-2H3,(H,15,18). The summed E-state index contributed by atoms with van der Waals surface area (Å²) >= 11 is 10.6. The molecule has 0 aliphatic rings. The van der Waals surface area contributed by atoms with Crippen LogP contribution in [0.15, 0.2) is 18.2 Å². The van der Waals surface area contributed by atoms with Crippen molar-refractivity contribution < 1.29 is 18.3 Å². The van der Waals surface area contributed by atoms with Gasteiger partial charge in [-0.25, -0.2) is 0 Å². The van der Waals surface area contributed by atoms with Crippen molar-refractivity contribution in [3.63, 3.8) is 0 Å². The van der Waals surface area contributed by atoms with Gasteiger partial charge in [-0.05, 0) is 38.2 Å². The van der Waals surface area contributed by atoms with Gasteiger partial charge in [0.2, 0.25) is 0 Å². The average molecular weight is 296 g/mol. The maximum Gasteiger partial charge on any atom is 0.387 e. The summed E-state index contributed by atoms with van der Waals surface area (Å²) in [5, 5.41) is 2.98. The topological polar surface area (TPSA) is 30.5 Å². The number of ether oxygens (including phenoxy) is 2. The fourth-order valence-electron chi connectivity index (χ4n) is 1.13. The van der Waals surface area contributed by atoms with Crippen LogP contribution in [0, 0.1) is 0 Å². The Kier molecular flexibility index (Phi) is 5.55. The molecule has 3 nitrogen and oxygen atoms in total. The van der Waals surface area contributed by atoms with E-state index in [-0.39, 0.29) is 22.1 Å². The molecule has 0 aromatic heterocycles. The van der Waals surface area contributed by atoms with Crippen LogP contribution >= 0.6 is 23.8 Å². The largest absolute Gasteiger partial charge is 0.468 e. The van der Waals surface area contributed by atoms with Crippen LogP contribution in [0.4, 0.5) is 14.5 Å². The first-order valence-electron chi connectivity index (χ1n) is 5.10. The Morgan fingerprint density at radius 1 is 1.39 bits per heavy atom. The lowest BCUT2D eigenvalue weighted by molar-refractivity contribution is -0.0497. The van der Waals surface area contributed by atoms with Crippen molar-refractivity contribution in [1.29, 1.82) is 0 Å². The number of thiocarbonyl (C=S) groups is 1. The van der Waals surface area contributed by atoms with Crippen molar-refractivity contribution in [2.75, 3.05) is 5.32 Å². The predicted molar refractivity (Wildman–Crippen MR) is 70.5 cm³/mol. The summed E-state index contributed by atoms with van der Waals surface area (Å²) in [6.45, 7) is 0.708. The van der Waals surface area contributed by atoms with E-state index in [1.54, 1.807) is 6.07 Å². The average Bonchev–Trinajstić information content (AvgIpc) is 2.21. The van der Waals surface area contributed by atoms with Crippen LogP contribution in [0.5, 0.6) is 5.75 Å². The van der Waals surface area contributed by atoms with Crippen molar-refractivity contribution in [3.8, 4) is 5.75 Å². The van der Waals surface area contributed by atoms with E-state index >= 15 is 0 Å². The zero-order valence-corrected chi connectivity index (χ0v) is 11.3. The molecule has 1 N–H and O–H groups in total. The minimum Gasteiger partial charge on any atom is -0.468 e. The first kappa shape index (κ1) is 14.9. The van der Waals surface area contributed by atoms with Crippen LogP contribution in [0.3, 0.4) is 0 Å². The van der Waals surface area contributed by atoms with Crippen LogP contribution in [-0.2, 0) is 4.74 Å². The van der Waals surface area contributed by atoms with Gasteiger partial charge >= 0.3 is 6.61 Å². The second-order valence-corrected chi connectivity index (χ2v) is 4.38. The SMILES string of the molecule is CC(C)OC(=S)Nc1ccc(Cl)c(OC(F)F)c1. The van der Waals surface area contributed by atoms with Gasteiger partial charge in [0.15, 0.2) is 0 Å². The summed E-state index contributed by atoms with van der Waals surface area (Å²) in [4.78, 5) is 0. The highest BCUT2D eigenvalue weighted by Crippen LogP contribution is 2.29. The Balaban J connectivity index is 2.75. The highest BCUT2D eigenvalue weighted by molar-refractivity contribution is 7.80. The van der Waals surface area contributed by atoms with E-state index in [1.165, 1.54) is 12.1 Å². The molecule has 1 aromatic carbocycles. The fraction of sp³-hybridized carbons (Fsp3) is 0.364. The third-order valence-corrected chi connectivity index (χ3v) is 2.25. The Morgan fingerprint density at radius 3 is 2.61 bits per heavy atom. The van der Waals surface area contributed by atoms with E-state index < -0.39 is 6.61 Å². The fourth-order valence-corrected chi connectivity index (χ4v) is 1.60. The molecular formula is C11H12ClF2NO2S. The summed E-state index contributed by atoms with van der Waals surface area (Å²) in [5.41, 5.74) is 0.459. The highest BCUT2D eigenvalue weighted by atomic mass is 35.5. The quantitative estimate of drug-likeness (QED) is 0.849. The molecule has 0 aliphatic heterocycles. The molecule has 18 heavy (non-hydrogen) atoms. The molecule has 0 atom stereocenters. The van der Waals surface area contributed by atoms with Crippen molar-refractivity contribution in [2.45, 2.75) is 26.6 Å². The molecule has 100 valence electrons. The van der Waals surface area contributed by atoms with Crippen LogP contribution in [0.1, 0.15) is 13.8 Å². The number of rotatable bonds is 4. The highest BCUT2D eigenvalue weighted by Gasteiger charge is 2.10. The van der Waals surface area contributed by atoms with Gasteiger partial charge in [-0.1, -0.05) is 11.6 Å². The van der Waals surface area contributed by atoms with Crippen molar-refractivity contribution in [1.82, 2.24) is 0 Å². The monoisotopic (exact) mass is 295 g/mol. The molecule has 0 spiro atoms. The minimum absolute atomic E-state index is 0.0749. The van der Waals surface area contributed by atoms with Gasteiger partial charge in [-0.15, -0.1) is 0 Å². The second kappa shape index (κ2) is 6.70. The molecule has 0 fully saturated rings. The van der Waals surface area contributed by atoms with E-state index in [2.05, 4.69) is 10.1 Å². The molecule has 0 unspecified atom stereocenters. The van der Waals surface area contributed by atoms with Crippen molar-refractivity contribution in [3.05, 3.63) is 23.2 Å². The van der Waals surface area contributed by atoms with Gasteiger partial charge in [0.25, 0.3) is 5.17 Å². The van der Waals surface area contributed by atoms with Crippen molar-refractivity contribution >= 4 is 34.7 Å². The predicted octanol–water partition coefficient (Wildman–Crippen LogP) is 4.06. The lowest BCUT2D eigenvalue weighted by Crippen LogP contribution is -2.17. The molecule has 1 aromatic rings. The zero-order chi connectivity index (χ0) is 13.7. The smallest absolute Gasteiger partial charge is 0.387 e. The van der Waals surface area contributed by atoms with Gasteiger partial charge in [-0.2, -0.15) is 8.78 Å². The van der Waals surface area contributed by atoms with Crippen molar-refractivity contribution in [2.24, 2.45) is 0 Å². The molecule has 7 heteroatoms. The molecule has 0 saturated carbocycles. The molecule has 0 saturated heterocycles. The van der Waals surface area contributed by atoms with E-state index in [4.69, 9.17) is 28.6 Å². The molecule has 0 amide bonds. The number of halogens is 3. The van der Waals surface area contributed by atoms with Gasteiger partial charge in [-0.3, -0.25) is 0 Å². The van der Waals surface area contributed by atoms with Gasteiger partial charge < -0.3 is 14.8 Å². The number of anilines is 1. The second-order valence-electron chi connectivity index (χ2n) is 3.60. The first-order valence-corrected chi connectivity index (χ1v) is 5.89. The Morgan fingerprint density at radius 2 is 2.06 bits per heavy atom. The lowest BCUT2D eigenvalue weighted by atomic mass is 10.3. The number of hydrogen-bond donors (Lipinski definition) is 1. The molecule has 0 aliphatic carbocycles. The third kappa shape index (κ3) is 5.01. The number of alkyl halides is 2. The maximum atomic E-state index is 12.1. The summed E-state index contributed by atoms with van der Waals surface area (Å²) in [5.74, 6) is -0.121. The summed E-state index contributed by atoms with van der Waals surface area (Å²) in [6, 6.07) is 4.33. The van der Waals surface area contributed by atoms with E-state index in [9.17, 15) is 8.78 Å². The van der Waals surface area contributed by atoms with Gasteiger partial charge in [0, 0.05) is 11.8 Å². The van der Waals surface area contributed by atoms with Gasteiger partial charge in [0.1, 0.15) is 5.75 Å². The van der Waals surface area contributed by atoms with Crippen LogP contribution in [0.2, 0.25) is 5.02 Å². The number of hydrogen-bond acceptors (Lipinski definition) is 3. The van der Waals surface area contributed by atoms with Crippen LogP contribution in [0.25, 0.3) is 0 Å². The van der Waals surface area contributed by atoms with Crippen LogP contribution in [-0.4, -0.2) is 17.9 Å². The normalized spacial score (nSPS) is 10.6. The summed E-state index contributed by atoms with van der Waals surface area (Å²) < 4.78 is 33.7. The van der Waals surface area contributed by atoms with Gasteiger partial charge in [0.05, 0.1) is 11.1 Å². The summed E-state index contributed by atoms with van der Waals surface area (Å²) in [7, 11) is 0. The Hall–Kier alpha value is -1.14. The van der Waals surface area contributed by atoms with E-state index in [0.717, 1.165) is 0 Å². The third-order valence-electron chi connectivity index (χ3n) is 1.74. The molecule has 0 radical (unpaired) electrons. The lowest BCUT2D eigenvalue weighted by Gasteiger charge is -2.13. The number of nitrogens with one attached hydrogen (secondary N) is 1. The van der Waals surface area contributed by atoms with Crippen LogP contribution < -0.4 is 10.1 Å². The Labute approximate surface area is 114 Å². The minimum atomic E-state index is -2.93. The molecule has 0 heterocycles. The molecule has 0 bridgehead atoms. The first-order chi connectivity index (χ1) is 8.38. The van der Waals surface area contributed by atoms with E-state index in [1.807, 2.05) is 13.8 Å². The summed E-state index contributed by atoms with van der Waals surface area (Å²) in [6.07, 6.45) is -0.0749. The molecular weight excluding hydrogens is 284 g/mol. The number of benzene rings is 1. The van der Waals surface area contributed by atoms with E-state index in [0.29, 0.717) is 5.69 Å². The maximum absolute atomic E-state index is 12.1. The zero-order valence-electron chi connectivity index (χ0n) is 9.75.